The van der Waals surface area contributed by atoms with Crippen molar-refractivity contribution in [2.45, 2.75) is 19.3 Å². The Morgan fingerprint density at radius 3 is 2.83 bits per heavy atom. The largest absolute Gasteiger partial charge is 0.481 e. The first-order valence-corrected chi connectivity index (χ1v) is 5.84. The molecule has 0 atom stereocenters. The van der Waals surface area contributed by atoms with E-state index in [1.54, 1.807) is 13.1 Å². The molecule has 3 rings (SSSR count). The highest BCUT2D eigenvalue weighted by Gasteiger charge is 2.49. The number of aliphatic carboxylic acids is 1. The minimum Gasteiger partial charge on any atom is -0.481 e. The van der Waals surface area contributed by atoms with E-state index in [0.717, 1.165) is 18.4 Å². The van der Waals surface area contributed by atoms with Gasteiger partial charge < -0.3 is 9.52 Å². The summed E-state index contributed by atoms with van der Waals surface area (Å²) >= 11 is 0. The molecule has 0 radical (unpaired) electrons. The van der Waals surface area contributed by atoms with E-state index in [9.17, 15) is 9.59 Å². The van der Waals surface area contributed by atoms with E-state index in [1.165, 1.54) is 4.57 Å². The molecule has 1 aromatic heterocycles. The molecule has 1 N–H and O–H groups in total. The third-order valence-electron chi connectivity index (χ3n) is 3.71. The molecule has 0 unspecified atom stereocenters. The highest BCUT2D eigenvalue weighted by Crippen LogP contribution is 2.48. The van der Waals surface area contributed by atoms with E-state index in [0.29, 0.717) is 17.5 Å². The highest BCUT2D eigenvalue weighted by molar-refractivity contribution is 5.79. The molecule has 0 aliphatic heterocycles. The molecule has 5 heteroatoms. The minimum atomic E-state index is -0.733. The minimum absolute atomic E-state index is 0.401. The Morgan fingerprint density at radius 2 is 2.22 bits per heavy atom. The first kappa shape index (κ1) is 11.1. The van der Waals surface area contributed by atoms with Gasteiger partial charge in [0.2, 0.25) is 0 Å². The maximum atomic E-state index is 11.4. The molecule has 1 heterocycles. The van der Waals surface area contributed by atoms with Crippen LogP contribution in [0.1, 0.15) is 18.4 Å². The quantitative estimate of drug-likeness (QED) is 0.892. The van der Waals surface area contributed by atoms with Crippen molar-refractivity contribution in [1.82, 2.24) is 4.57 Å². The van der Waals surface area contributed by atoms with Crippen LogP contribution in [0, 0.1) is 5.41 Å². The Balaban J connectivity index is 2.01. The van der Waals surface area contributed by atoms with Gasteiger partial charge in [-0.1, -0.05) is 6.07 Å². The summed E-state index contributed by atoms with van der Waals surface area (Å²) in [6, 6.07) is 5.39. The summed E-state index contributed by atoms with van der Waals surface area (Å²) in [6.07, 6.45) is 1.97. The molecule has 0 spiro atoms. The second-order valence-corrected chi connectivity index (χ2v) is 4.99. The summed E-state index contributed by atoms with van der Waals surface area (Å²) in [6.45, 7) is 0. The number of aryl methyl sites for hydroxylation is 1. The lowest BCUT2D eigenvalue weighted by molar-refractivity contribution is -0.143. The van der Waals surface area contributed by atoms with E-state index < -0.39 is 17.1 Å². The zero-order valence-corrected chi connectivity index (χ0v) is 9.97. The van der Waals surface area contributed by atoms with Crippen LogP contribution in [0.4, 0.5) is 0 Å². The van der Waals surface area contributed by atoms with E-state index in [-0.39, 0.29) is 0 Å². The molecule has 0 amide bonds. The molecular weight excluding hydrogens is 234 g/mol. The smallest absolute Gasteiger partial charge is 0.419 e. The Hall–Kier alpha value is -2.04. The van der Waals surface area contributed by atoms with Crippen LogP contribution in [0.15, 0.2) is 27.4 Å². The molecule has 0 saturated heterocycles. The van der Waals surface area contributed by atoms with Crippen LogP contribution in [0.3, 0.4) is 0 Å². The molecule has 1 aliphatic rings. The maximum absolute atomic E-state index is 11.4. The lowest BCUT2D eigenvalue weighted by Gasteiger charge is -2.09. The van der Waals surface area contributed by atoms with Gasteiger partial charge in [0.05, 0.1) is 10.9 Å². The SMILES string of the molecule is Cn1c(=O)oc2ccc(CC3(C(=O)O)CC3)cc21. The van der Waals surface area contributed by atoms with Gasteiger partial charge in [-0.2, -0.15) is 0 Å². The number of benzene rings is 1. The van der Waals surface area contributed by atoms with Crippen LogP contribution in [0.25, 0.3) is 11.1 Å². The van der Waals surface area contributed by atoms with Gasteiger partial charge >= 0.3 is 11.7 Å². The molecule has 1 fully saturated rings. The molecule has 2 aromatic rings. The molecule has 1 saturated carbocycles. The predicted octanol–water partition coefficient (Wildman–Crippen LogP) is 1.54. The zero-order valence-electron chi connectivity index (χ0n) is 9.97. The van der Waals surface area contributed by atoms with Gasteiger partial charge in [0.1, 0.15) is 0 Å². The number of carbonyl (C=O) groups is 1. The Labute approximate surface area is 103 Å². The van der Waals surface area contributed by atoms with Crippen LogP contribution in [0.5, 0.6) is 0 Å². The average Bonchev–Trinajstić information content (AvgIpc) is 3.05. The fourth-order valence-electron chi connectivity index (χ4n) is 2.29. The van der Waals surface area contributed by atoms with E-state index in [1.807, 2.05) is 12.1 Å². The predicted molar refractivity (Wildman–Crippen MR) is 64.5 cm³/mol. The highest BCUT2D eigenvalue weighted by atomic mass is 16.4. The van der Waals surface area contributed by atoms with Gasteiger partial charge in [-0.15, -0.1) is 0 Å². The zero-order chi connectivity index (χ0) is 12.9. The Bertz CT molecular complexity index is 691. The number of oxazole rings is 1. The molecule has 18 heavy (non-hydrogen) atoms. The number of carboxylic acid groups (broad SMARTS) is 1. The first-order chi connectivity index (χ1) is 8.52. The molecule has 1 aromatic carbocycles. The van der Waals surface area contributed by atoms with Gasteiger partial charge in [0, 0.05) is 7.05 Å². The van der Waals surface area contributed by atoms with Crippen molar-refractivity contribution in [2.75, 3.05) is 0 Å². The maximum Gasteiger partial charge on any atom is 0.419 e. The van der Waals surface area contributed by atoms with Crippen molar-refractivity contribution in [3.8, 4) is 0 Å². The lowest BCUT2D eigenvalue weighted by atomic mass is 9.96. The second-order valence-electron chi connectivity index (χ2n) is 4.99. The standard InChI is InChI=1S/C13H13NO4/c1-14-9-6-8(2-3-10(9)18-12(14)17)7-13(4-5-13)11(15)16/h2-3,6H,4-5,7H2,1H3,(H,15,16). The van der Waals surface area contributed by atoms with E-state index in [2.05, 4.69) is 0 Å². The molecule has 94 valence electrons. The molecule has 1 aliphatic carbocycles. The van der Waals surface area contributed by atoms with Crippen molar-refractivity contribution in [3.63, 3.8) is 0 Å². The summed E-state index contributed by atoms with van der Waals surface area (Å²) in [4.78, 5) is 22.5. The monoisotopic (exact) mass is 247 g/mol. The van der Waals surface area contributed by atoms with Crippen LogP contribution in [-0.2, 0) is 18.3 Å². The Kier molecular flexibility index (Phi) is 2.14. The van der Waals surface area contributed by atoms with Gasteiger partial charge in [-0.05, 0) is 37.0 Å². The number of hydrogen-bond acceptors (Lipinski definition) is 3. The van der Waals surface area contributed by atoms with Gasteiger partial charge in [-0.25, -0.2) is 4.79 Å². The Morgan fingerprint density at radius 1 is 1.50 bits per heavy atom. The third-order valence-corrected chi connectivity index (χ3v) is 3.71. The number of carboxylic acids is 1. The van der Waals surface area contributed by atoms with Crippen molar-refractivity contribution in [1.29, 1.82) is 0 Å². The van der Waals surface area contributed by atoms with Crippen molar-refractivity contribution < 1.29 is 14.3 Å². The van der Waals surface area contributed by atoms with Gasteiger partial charge in [-0.3, -0.25) is 9.36 Å². The van der Waals surface area contributed by atoms with Crippen LogP contribution in [-0.4, -0.2) is 15.6 Å². The second kappa shape index (κ2) is 3.48. The van der Waals surface area contributed by atoms with Crippen molar-refractivity contribution >= 4 is 17.1 Å². The lowest BCUT2D eigenvalue weighted by Crippen LogP contribution is -2.17. The van der Waals surface area contributed by atoms with E-state index >= 15 is 0 Å². The fourth-order valence-corrected chi connectivity index (χ4v) is 2.29. The topological polar surface area (TPSA) is 72.4 Å². The van der Waals surface area contributed by atoms with Gasteiger partial charge in [0.25, 0.3) is 0 Å². The summed E-state index contributed by atoms with van der Waals surface area (Å²) in [5, 5.41) is 9.16. The number of aromatic nitrogens is 1. The summed E-state index contributed by atoms with van der Waals surface area (Å²) in [5.74, 6) is -1.13. The number of rotatable bonds is 3. The van der Waals surface area contributed by atoms with E-state index in [4.69, 9.17) is 9.52 Å². The van der Waals surface area contributed by atoms with Crippen LogP contribution >= 0.6 is 0 Å². The summed E-state index contributed by atoms with van der Waals surface area (Å²) in [5.41, 5.74) is 1.58. The normalized spacial score (nSPS) is 16.9. The van der Waals surface area contributed by atoms with Crippen molar-refractivity contribution in [3.05, 3.63) is 34.3 Å². The van der Waals surface area contributed by atoms with Crippen LogP contribution in [0.2, 0.25) is 0 Å². The van der Waals surface area contributed by atoms with Crippen molar-refractivity contribution in [2.24, 2.45) is 12.5 Å². The first-order valence-electron chi connectivity index (χ1n) is 5.84. The third kappa shape index (κ3) is 1.54. The summed E-state index contributed by atoms with van der Waals surface area (Å²) in [7, 11) is 1.64. The fraction of sp³-hybridized carbons (Fsp3) is 0.385. The number of hydrogen-bond donors (Lipinski definition) is 1. The average molecular weight is 247 g/mol. The summed E-state index contributed by atoms with van der Waals surface area (Å²) < 4.78 is 6.47. The number of nitrogens with zero attached hydrogens (tertiary/aromatic N) is 1. The van der Waals surface area contributed by atoms with Gasteiger partial charge in [0.15, 0.2) is 5.58 Å². The molecule has 0 bridgehead atoms. The molecular formula is C13H13NO4. The molecule has 5 nitrogen and oxygen atoms in total. The van der Waals surface area contributed by atoms with Crippen LogP contribution < -0.4 is 5.76 Å². The number of fused-ring (bicyclic) bond motifs is 1.